The van der Waals surface area contributed by atoms with E-state index in [9.17, 15) is 4.79 Å². The maximum absolute atomic E-state index is 11.3. The van der Waals surface area contributed by atoms with Gasteiger partial charge in [0.15, 0.2) is 0 Å². The van der Waals surface area contributed by atoms with Crippen molar-refractivity contribution in [3.8, 4) is 11.3 Å². The number of carbonyl (C=O) groups is 1. The first kappa shape index (κ1) is 18.4. The molecule has 0 aliphatic heterocycles. The van der Waals surface area contributed by atoms with Crippen LogP contribution in [0.5, 0.6) is 0 Å². The number of hydrogen-bond acceptors (Lipinski definition) is 3. The molecule has 0 radical (unpaired) electrons. The summed E-state index contributed by atoms with van der Waals surface area (Å²) in [6.07, 6.45) is 11.3. The fraction of sp³-hybridized carbons (Fsp3) is 0.565. The van der Waals surface area contributed by atoms with Gasteiger partial charge in [-0.15, -0.1) is 0 Å². The molecule has 4 nitrogen and oxygen atoms in total. The molecule has 2 aliphatic carbocycles. The minimum Gasteiger partial charge on any atom is -0.341 e. The standard InChI is InChI=1S/C23H31N3O/c1-2-18(27)6-4-3-5-7-21(24)23-25-14-22(26-23)17-10-11-19-15-8-9-16(12-15)20(19)13-17/h10-11,13-16,21H,2-9,12,24H2,1H3,(H,25,26)/t15?,16?,21-/m0/s1. The largest absolute Gasteiger partial charge is 0.341 e. The SMILES string of the molecule is CCC(=O)CCCCC[C@H](N)c1ncc(-c2ccc3c(c2)C2CCC3C2)[nH]1. The number of carbonyl (C=O) groups excluding carboxylic acids is 1. The van der Waals surface area contributed by atoms with Gasteiger partial charge in [-0.3, -0.25) is 4.79 Å². The van der Waals surface area contributed by atoms with Gasteiger partial charge < -0.3 is 10.7 Å². The number of Topliss-reactive ketones (excluding diaryl/α,β-unsaturated/α-hetero) is 1. The first-order valence-electron chi connectivity index (χ1n) is 10.6. The molecule has 2 aromatic rings. The number of aromatic nitrogens is 2. The molecular weight excluding hydrogens is 334 g/mol. The van der Waals surface area contributed by atoms with Crippen molar-refractivity contribution in [2.45, 2.75) is 82.6 Å². The minimum atomic E-state index is -0.0638. The van der Waals surface area contributed by atoms with Crippen LogP contribution in [-0.2, 0) is 4.79 Å². The smallest absolute Gasteiger partial charge is 0.132 e. The molecule has 3 N–H and O–H groups in total. The quantitative estimate of drug-likeness (QED) is 0.587. The van der Waals surface area contributed by atoms with Crippen LogP contribution < -0.4 is 5.73 Å². The van der Waals surface area contributed by atoms with E-state index in [0.717, 1.165) is 49.0 Å². The lowest BCUT2D eigenvalue weighted by molar-refractivity contribution is -0.118. The number of fused-ring (bicyclic) bond motifs is 5. The van der Waals surface area contributed by atoms with E-state index in [0.29, 0.717) is 18.6 Å². The van der Waals surface area contributed by atoms with Gasteiger partial charge in [-0.2, -0.15) is 0 Å². The summed E-state index contributed by atoms with van der Waals surface area (Å²) in [5.74, 6) is 2.81. The Kier molecular flexibility index (Phi) is 5.44. The van der Waals surface area contributed by atoms with Gasteiger partial charge in [0, 0.05) is 12.8 Å². The van der Waals surface area contributed by atoms with Gasteiger partial charge in [0.1, 0.15) is 11.6 Å². The fourth-order valence-corrected chi connectivity index (χ4v) is 4.86. The van der Waals surface area contributed by atoms with Gasteiger partial charge >= 0.3 is 0 Å². The van der Waals surface area contributed by atoms with E-state index < -0.39 is 0 Å². The average molecular weight is 366 g/mol. The number of hydrogen-bond donors (Lipinski definition) is 2. The Bertz CT molecular complexity index is 810. The number of benzene rings is 1. The van der Waals surface area contributed by atoms with Crippen LogP contribution in [0.25, 0.3) is 11.3 Å². The lowest BCUT2D eigenvalue weighted by Crippen LogP contribution is -2.12. The van der Waals surface area contributed by atoms with E-state index in [-0.39, 0.29) is 6.04 Å². The Hall–Kier alpha value is -1.94. The molecule has 1 saturated carbocycles. The van der Waals surface area contributed by atoms with Crippen LogP contribution in [0.1, 0.15) is 99.5 Å². The summed E-state index contributed by atoms with van der Waals surface area (Å²) in [7, 11) is 0. The molecule has 4 rings (SSSR count). The molecule has 4 heteroatoms. The molecule has 0 amide bonds. The molecule has 0 saturated heterocycles. The molecule has 0 spiro atoms. The van der Waals surface area contributed by atoms with Crippen molar-refractivity contribution in [3.05, 3.63) is 41.3 Å². The lowest BCUT2D eigenvalue weighted by Gasteiger charge is -2.15. The van der Waals surface area contributed by atoms with Gasteiger partial charge in [0.2, 0.25) is 0 Å². The predicted molar refractivity (Wildman–Crippen MR) is 109 cm³/mol. The average Bonchev–Trinajstić information content (AvgIpc) is 3.43. The highest BCUT2D eigenvalue weighted by Crippen LogP contribution is 2.53. The summed E-state index contributed by atoms with van der Waals surface area (Å²) >= 11 is 0. The molecule has 144 valence electrons. The summed E-state index contributed by atoms with van der Waals surface area (Å²) < 4.78 is 0. The summed E-state index contributed by atoms with van der Waals surface area (Å²) in [5, 5.41) is 0. The number of nitrogens with one attached hydrogen (secondary N) is 1. The Morgan fingerprint density at radius 1 is 1.22 bits per heavy atom. The number of nitrogens with zero attached hydrogens (tertiary/aromatic N) is 1. The topological polar surface area (TPSA) is 71.8 Å². The number of imidazole rings is 1. The molecule has 27 heavy (non-hydrogen) atoms. The van der Waals surface area contributed by atoms with Crippen LogP contribution in [0.4, 0.5) is 0 Å². The van der Waals surface area contributed by atoms with Crippen LogP contribution in [0, 0.1) is 0 Å². The predicted octanol–water partition coefficient (Wildman–Crippen LogP) is 5.37. The number of ketones is 1. The van der Waals surface area contributed by atoms with Crippen molar-refractivity contribution in [3.63, 3.8) is 0 Å². The van der Waals surface area contributed by atoms with Crippen molar-refractivity contribution >= 4 is 5.78 Å². The van der Waals surface area contributed by atoms with Gasteiger partial charge in [-0.25, -0.2) is 4.98 Å². The third-order valence-corrected chi connectivity index (χ3v) is 6.52. The normalized spacial score (nSPS) is 21.4. The van der Waals surface area contributed by atoms with Gasteiger partial charge in [-0.1, -0.05) is 31.9 Å². The fourth-order valence-electron chi connectivity index (χ4n) is 4.86. The Morgan fingerprint density at radius 3 is 2.85 bits per heavy atom. The minimum absolute atomic E-state index is 0.0638. The number of rotatable bonds is 9. The molecule has 3 atom stereocenters. The van der Waals surface area contributed by atoms with E-state index in [1.165, 1.54) is 24.8 Å². The maximum Gasteiger partial charge on any atom is 0.132 e. The number of aromatic amines is 1. The van der Waals surface area contributed by atoms with Gasteiger partial charge in [0.05, 0.1) is 17.9 Å². The van der Waals surface area contributed by atoms with Crippen LogP contribution in [0.3, 0.4) is 0 Å². The molecule has 1 heterocycles. The van der Waals surface area contributed by atoms with Gasteiger partial charge in [-0.05, 0) is 66.7 Å². The van der Waals surface area contributed by atoms with E-state index in [1.807, 2.05) is 13.1 Å². The van der Waals surface area contributed by atoms with Crippen LogP contribution >= 0.6 is 0 Å². The molecule has 2 bridgehead atoms. The Morgan fingerprint density at radius 2 is 2.04 bits per heavy atom. The Balaban J connectivity index is 1.33. The van der Waals surface area contributed by atoms with Crippen LogP contribution in [0.15, 0.2) is 24.4 Å². The van der Waals surface area contributed by atoms with Crippen molar-refractivity contribution in [1.29, 1.82) is 0 Å². The first-order chi connectivity index (χ1) is 13.2. The second-order valence-corrected chi connectivity index (χ2v) is 8.33. The molecule has 1 aromatic carbocycles. The maximum atomic E-state index is 11.3. The Labute approximate surface area is 162 Å². The summed E-state index contributed by atoms with van der Waals surface area (Å²) in [4.78, 5) is 19.3. The van der Waals surface area contributed by atoms with Crippen LogP contribution in [-0.4, -0.2) is 15.8 Å². The van der Waals surface area contributed by atoms with E-state index >= 15 is 0 Å². The molecule has 1 aromatic heterocycles. The zero-order valence-electron chi connectivity index (χ0n) is 16.3. The molecule has 2 aliphatic rings. The monoisotopic (exact) mass is 365 g/mol. The highest BCUT2D eigenvalue weighted by atomic mass is 16.1. The second kappa shape index (κ2) is 7.97. The van der Waals surface area contributed by atoms with E-state index in [4.69, 9.17) is 5.73 Å². The van der Waals surface area contributed by atoms with Crippen molar-refractivity contribution in [2.24, 2.45) is 5.73 Å². The zero-order valence-corrected chi connectivity index (χ0v) is 16.3. The lowest BCUT2D eigenvalue weighted by atomic mass is 9.90. The van der Waals surface area contributed by atoms with E-state index in [1.54, 1.807) is 11.1 Å². The van der Waals surface area contributed by atoms with Crippen LogP contribution in [0.2, 0.25) is 0 Å². The van der Waals surface area contributed by atoms with Gasteiger partial charge in [0.25, 0.3) is 0 Å². The number of unbranched alkanes of at least 4 members (excludes halogenated alkanes) is 2. The van der Waals surface area contributed by atoms with Crippen molar-refractivity contribution in [2.75, 3.05) is 0 Å². The number of nitrogens with two attached hydrogens (primary N) is 1. The highest BCUT2D eigenvalue weighted by molar-refractivity contribution is 5.77. The number of H-pyrrole nitrogens is 1. The first-order valence-corrected chi connectivity index (χ1v) is 10.6. The third kappa shape index (κ3) is 3.86. The van der Waals surface area contributed by atoms with E-state index in [2.05, 4.69) is 28.2 Å². The summed E-state index contributed by atoms with van der Waals surface area (Å²) in [6.45, 7) is 1.93. The summed E-state index contributed by atoms with van der Waals surface area (Å²) in [5.41, 5.74) is 11.8. The highest BCUT2D eigenvalue weighted by Gasteiger charge is 2.36. The second-order valence-electron chi connectivity index (χ2n) is 8.33. The molecular formula is C23H31N3O. The summed E-state index contributed by atoms with van der Waals surface area (Å²) in [6, 6.07) is 6.86. The van der Waals surface area contributed by atoms with Crippen molar-refractivity contribution < 1.29 is 4.79 Å². The molecule has 1 fully saturated rings. The van der Waals surface area contributed by atoms with Crippen molar-refractivity contribution in [1.82, 2.24) is 9.97 Å². The zero-order chi connectivity index (χ0) is 18.8. The molecule has 2 unspecified atom stereocenters. The third-order valence-electron chi connectivity index (χ3n) is 6.52.